The number of carboxylic acids is 1. The molecule has 0 aliphatic heterocycles. The molecule has 3 N–H and O–H groups in total. The van der Waals surface area contributed by atoms with Crippen LogP contribution in [0, 0.1) is 0 Å². The Hall–Kier alpha value is -2.06. The summed E-state index contributed by atoms with van der Waals surface area (Å²) in [5, 5.41) is 8.90. The third kappa shape index (κ3) is 3.34. The molecule has 112 valence electrons. The quantitative estimate of drug-likeness (QED) is 0.777. The summed E-state index contributed by atoms with van der Waals surface area (Å²) in [6.45, 7) is 1.83. The van der Waals surface area contributed by atoms with Crippen LogP contribution in [0.5, 0.6) is 0 Å². The highest BCUT2D eigenvalue weighted by atomic mass is 35.5. The lowest BCUT2D eigenvalue weighted by atomic mass is 10.2. The van der Waals surface area contributed by atoms with Gasteiger partial charge in [0.2, 0.25) is 0 Å². The first kappa shape index (κ1) is 15.3. The lowest BCUT2D eigenvalue weighted by Gasteiger charge is -2.07. The minimum Gasteiger partial charge on any atom is -0.478 e. The van der Waals surface area contributed by atoms with Crippen LogP contribution < -0.4 is 4.72 Å². The van der Waals surface area contributed by atoms with Gasteiger partial charge in [-0.15, -0.1) is 0 Å². The lowest BCUT2D eigenvalue weighted by Crippen LogP contribution is -2.14. The Morgan fingerprint density at radius 3 is 2.76 bits per heavy atom. The van der Waals surface area contributed by atoms with E-state index in [4.69, 9.17) is 16.7 Å². The molecule has 9 heteroatoms. The average molecular weight is 330 g/mol. The highest BCUT2D eigenvalue weighted by Crippen LogP contribution is 2.22. The zero-order valence-corrected chi connectivity index (χ0v) is 12.5. The van der Waals surface area contributed by atoms with E-state index >= 15 is 0 Å². The Morgan fingerprint density at radius 2 is 2.19 bits per heavy atom. The molecule has 1 aromatic carbocycles. The summed E-state index contributed by atoms with van der Waals surface area (Å²) in [7, 11) is -3.86. The molecule has 7 nitrogen and oxygen atoms in total. The number of hydrogen-bond donors (Lipinski definition) is 3. The highest BCUT2D eigenvalue weighted by molar-refractivity contribution is 7.92. The highest BCUT2D eigenvalue weighted by Gasteiger charge is 2.18. The van der Waals surface area contributed by atoms with E-state index in [9.17, 15) is 13.2 Å². The molecule has 0 amide bonds. The molecule has 1 heterocycles. The fourth-order valence-electron chi connectivity index (χ4n) is 1.62. The SMILES string of the molecule is CCc1ncc(S(=O)(=O)Nc2ccc(Cl)c(C(=O)O)c2)[nH]1. The first-order valence-corrected chi connectivity index (χ1v) is 7.79. The molecule has 2 aromatic rings. The molecule has 1 aromatic heterocycles. The number of carboxylic acid groups (broad SMARTS) is 1. The van der Waals surface area contributed by atoms with Crippen LogP contribution in [0.3, 0.4) is 0 Å². The molecule has 0 saturated heterocycles. The first-order valence-electron chi connectivity index (χ1n) is 5.93. The van der Waals surface area contributed by atoms with Crippen molar-refractivity contribution in [2.75, 3.05) is 4.72 Å². The van der Waals surface area contributed by atoms with E-state index in [2.05, 4.69) is 14.7 Å². The van der Waals surface area contributed by atoms with Crippen LogP contribution in [-0.2, 0) is 16.4 Å². The Balaban J connectivity index is 2.32. The summed E-state index contributed by atoms with van der Waals surface area (Å²) < 4.78 is 26.5. The molecule has 0 unspecified atom stereocenters. The maximum absolute atomic E-state index is 12.1. The zero-order chi connectivity index (χ0) is 15.6. The number of aromatic nitrogens is 2. The van der Waals surface area contributed by atoms with Gasteiger partial charge < -0.3 is 10.1 Å². The normalized spacial score (nSPS) is 11.3. The van der Waals surface area contributed by atoms with Gasteiger partial charge in [0.25, 0.3) is 10.0 Å². The Kier molecular flexibility index (Phi) is 4.19. The number of anilines is 1. The second kappa shape index (κ2) is 5.74. The first-order chi connectivity index (χ1) is 9.83. The van der Waals surface area contributed by atoms with E-state index in [0.717, 1.165) is 6.07 Å². The van der Waals surface area contributed by atoms with E-state index in [1.807, 2.05) is 6.92 Å². The fourth-order valence-corrected chi connectivity index (χ4v) is 2.81. The van der Waals surface area contributed by atoms with Crippen molar-refractivity contribution >= 4 is 33.3 Å². The van der Waals surface area contributed by atoms with Crippen LogP contribution in [0.2, 0.25) is 5.02 Å². The van der Waals surface area contributed by atoms with E-state index in [0.29, 0.717) is 12.2 Å². The Morgan fingerprint density at radius 1 is 1.48 bits per heavy atom. The van der Waals surface area contributed by atoms with Gasteiger partial charge in [0.15, 0.2) is 5.03 Å². The predicted octanol–water partition coefficient (Wildman–Crippen LogP) is 2.12. The van der Waals surface area contributed by atoms with Crippen LogP contribution in [0.4, 0.5) is 5.69 Å². The van der Waals surface area contributed by atoms with Crippen LogP contribution in [0.15, 0.2) is 29.4 Å². The monoisotopic (exact) mass is 329 g/mol. The third-order valence-corrected chi connectivity index (χ3v) is 4.30. The Labute approximate surface area is 126 Å². The number of sulfonamides is 1. The van der Waals surface area contributed by atoms with Crippen molar-refractivity contribution in [2.24, 2.45) is 0 Å². The topological polar surface area (TPSA) is 112 Å². The van der Waals surface area contributed by atoms with Gasteiger partial charge in [-0.1, -0.05) is 18.5 Å². The van der Waals surface area contributed by atoms with Gasteiger partial charge in [0.05, 0.1) is 16.8 Å². The number of nitrogens with zero attached hydrogens (tertiary/aromatic N) is 1. The second-order valence-corrected chi connectivity index (χ2v) is 6.21. The van der Waals surface area contributed by atoms with Crippen molar-refractivity contribution in [3.8, 4) is 0 Å². The van der Waals surface area contributed by atoms with Crippen molar-refractivity contribution in [3.05, 3.63) is 40.8 Å². The van der Waals surface area contributed by atoms with Gasteiger partial charge in [-0.25, -0.2) is 9.78 Å². The minimum atomic E-state index is -3.86. The van der Waals surface area contributed by atoms with Crippen molar-refractivity contribution in [1.82, 2.24) is 9.97 Å². The number of rotatable bonds is 5. The molecule has 21 heavy (non-hydrogen) atoms. The average Bonchev–Trinajstić information content (AvgIpc) is 2.90. The van der Waals surface area contributed by atoms with Crippen LogP contribution in [-0.4, -0.2) is 29.5 Å². The smallest absolute Gasteiger partial charge is 0.337 e. The van der Waals surface area contributed by atoms with Crippen molar-refractivity contribution in [1.29, 1.82) is 0 Å². The summed E-state index contributed by atoms with van der Waals surface area (Å²) in [6.07, 6.45) is 1.77. The fraction of sp³-hybridized carbons (Fsp3) is 0.167. The standard InChI is InChI=1S/C12H12ClN3O4S/c1-2-10-14-6-11(15-10)21(19,20)16-7-3-4-9(13)8(5-7)12(17)18/h3-6,16H,2H2,1H3,(H,14,15)(H,17,18). The number of aryl methyl sites for hydroxylation is 1. The maximum Gasteiger partial charge on any atom is 0.337 e. The van der Waals surface area contributed by atoms with E-state index < -0.39 is 16.0 Å². The number of nitrogens with one attached hydrogen (secondary N) is 2. The van der Waals surface area contributed by atoms with E-state index in [-0.39, 0.29) is 21.3 Å². The van der Waals surface area contributed by atoms with E-state index in [1.54, 1.807) is 0 Å². The van der Waals surface area contributed by atoms with Crippen LogP contribution in [0.25, 0.3) is 0 Å². The number of hydrogen-bond acceptors (Lipinski definition) is 4. The largest absolute Gasteiger partial charge is 0.478 e. The van der Waals surface area contributed by atoms with Crippen molar-refractivity contribution < 1.29 is 18.3 Å². The molecular weight excluding hydrogens is 318 g/mol. The number of aromatic amines is 1. The van der Waals surface area contributed by atoms with Gasteiger partial charge in [0.1, 0.15) is 5.82 Å². The summed E-state index contributed by atoms with van der Waals surface area (Å²) >= 11 is 5.73. The molecular formula is C12H12ClN3O4S. The number of aromatic carboxylic acids is 1. The van der Waals surface area contributed by atoms with Crippen LogP contribution in [0.1, 0.15) is 23.1 Å². The van der Waals surface area contributed by atoms with Crippen LogP contribution >= 0.6 is 11.6 Å². The number of halogens is 1. The Bertz CT molecular complexity index is 786. The second-order valence-electron chi connectivity index (χ2n) is 4.15. The van der Waals surface area contributed by atoms with Gasteiger partial charge in [0, 0.05) is 12.1 Å². The molecule has 0 fully saturated rings. The predicted molar refractivity (Wildman–Crippen MR) is 77.2 cm³/mol. The van der Waals surface area contributed by atoms with Crippen molar-refractivity contribution in [3.63, 3.8) is 0 Å². The summed E-state index contributed by atoms with van der Waals surface area (Å²) in [5.41, 5.74) is -0.0832. The van der Waals surface area contributed by atoms with Gasteiger partial charge in [-0.3, -0.25) is 4.72 Å². The van der Waals surface area contributed by atoms with Gasteiger partial charge in [-0.2, -0.15) is 8.42 Å². The molecule has 0 saturated carbocycles. The number of imidazole rings is 1. The lowest BCUT2D eigenvalue weighted by molar-refractivity contribution is 0.0697. The van der Waals surface area contributed by atoms with Gasteiger partial charge >= 0.3 is 5.97 Å². The molecule has 0 aliphatic rings. The van der Waals surface area contributed by atoms with Crippen molar-refractivity contribution in [2.45, 2.75) is 18.4 Å². The molecule has 0 radical (unpaired) electrons. The summed E-state index contributed by atoms with van der Waals surface area (Å²) in [4.78, 5) is 17.6. The number of benzene rings is 1. The van der Waals surface area contributed by atoms with Gasteiger partial charge in [-0.05, 0) is 18.2 Å². The number of carbonyl (C=O) groups is 1. The minimum absolute atomic E-state index is 0.0280. The third-order valence-electron chi connectivity index (χ3n) is 2.68. The molecule has 0 aliphatic carbocycles. The summed E-state index contributed by atoms with van der Waals surface area (Å²) in [5.74, 6) is -0.700. The zero-order valence-electron chi connectivity index (χ0n) is 10.9. The summed E-state index contributed by atoms with van der Waals surface area (Å²) in [6, 6.07) is 3.84. The molecule has 2 rings (SSSR count). The number of H-pyrrole nitrogens is 1. The van der Waals surface area contributed by atoms with E-state index in [1.165, 1.54) is 18.3 Å². The molecule has 0 atom stereocenters. The maximum atomic E-state index is 12.1. The molecule has 0 bridgehead atoms. The molecule has 0 spiro atoms.